The molecule has 0 unspecified atom stereocenters. The fraction of sp³-hybridized carbons (Fsp3) is 0.385. The van der Waals surface area contributed by atoms with Gasteiger partial charge in [0.25, 0.3) is 0 Å². The third kappa shape index (κ3) is 3.28. The first-order chi connectivity index (χ1) is 9.20. The number of hydrogen-bond acceptors (Lipinski definition) is 5. The minimum Gasteiger partial charge on any atom is -0.464 e. The number of rotatable bonds is 2. The predicted molar refractivity (Wildman–Crippen MR) is 66.1 cm³/mol. The van der Waals surface area contributed by atoms with Crippen molar-refractivity contribution in [3.05, 3.63) is 23.8 Å². The number of likely N-dealkylation sites (tertiary alicyclic amines) is 1. The molecule has 0 aromatic carbocycles. The smallest absolute Gasteiger partial charge is 0.358 e. The third-order valence-corrected chi connectivity index (χ3v) is 2.70. The van der Waals surface area contributed by atoms with Crippen molar-refractivity contribution in [2.45, 2.75) is 12.8 Å². The van der Waals surface area contributed by atoms with Crippen molar-refractivity contribution in [2.24, 2.45) is 0 Å². The SMILES string of the molecule is COC(=O)c1cnc(C#CCN2CCCC2=O)cn1. The molecule has 1 aliphatic rings. The van der Waals surface area contributed by atoms with Crippen LogP contribution in [0.2, 0.25) is 0 Å². The van der Waals surface area contributed by atoms with Gasteiger partial charge in [-0.25, -0.2) is 14.8 Å². The second-order valence-electron chi connectivity index (χ2n) is 4.00. The molecular formula is C13H13N3O3. The van der Waals surface area contributed by atoms with Crippen LogP contribution in [0.4, 0.5) is 0 Å². The Bertz CT molecular complexity index is 542. The molecule has 1 aliphatic heterocycles. The number of carbonyl (C=O) groups is 2. The minimum atomic E-state index is -0.533. The Hall–Kier alpha value is -2.42. The Morgan fingerprint density at radius 2 is 2.32 bits per heavy atom. The monoisotopic (exact) mass is 259 g/mol. The number of carbonyl (C=O) groups excluding carboxylic acids is 2. The van der Waals surface area contributed by atoms with Crippen LogP contribution in [0.1, 0.15) is 29.0 Å². The van der Waals surface area contributed by atoms with Crippen LogP contribution < -0.4 is 0 Å². The molecule has 1 aromatic heterocycles. The molecule has 6 heteroatoms. The van der Waals surface area contributed by atoms with E-state index in [1.54, 1.807) is 4.90 Å². The van der Waals surface area contributed by atoms with Crippen molar-refractivity contribution < 1.29 is 14.3 Å². The number of aromatic nitrogens is 2. The molecule has 1 fully saturated rings. The zero-order valence-corrected chi connectivity index (χ0v) is 10.5. The highest BCUT2D eigenvalue weighted by Gasteiger charge is 2.18. The number of methoxy groups -OCH3 is 1. The molecule has 0 spiro atoms. The lowest BCUT2D eigenvalue weighted by molar-refractivity contribution is -0.127. The molecule has 0 bridgehead atoms. The summed E-state index contributed by atoms with van der Waals surface area (Å²) in [6.45, 7) is 1.17. The second-order valence-corrected chi connectivity index (χ2v) is 4.00. The van der Waals surface area contributed by atoms with Crippen LogP contribution in [0.3, 0.4) is 0 Å². The Morgan fingerprint density at radius 1 is 1.47 bits per heavy atom. The fourth-order valence-electron chi connectivity index (χ4n) is 1.70. The van der Waals surface area contributed by atoms with Gasteiger partial charge in [-0.3, -0.25) is 4.79 Å². The van der Waals surface area contributed by atoms with Crippen molar-refractivity contribution in [2.75, 3.05) is 20.2 Å². The van der Waals surface area contributed by atoms with Crippen molar-refractivity contribution >= 4 is 11.9 Å². The maximum atomic E-state index is 11.3. The van der Waals surface area contributed by atoms with Gasteiger partial charge in [0.2, 0.25) is 5.91 Å². The average Bonchev–Trinajstić information content (AvgIpc) is 2.84. The summed E-state index contributed by atoms with van der Waals surface area (Å²) in [7, 11) is 1.28. The van der Waals surface area contributed by atoms with E-state index in [4.69, 9.17) is 0 Å². The maximum Gasteiger partial charge on any atom is 0.358 e. The average molecular weight is 259 g/mol. The highest BCUT2D eigenvalue weighted by atomic mass is 16.5. The van der Waals surface area contributed by atoms with Crippen LogP contribution in [0, 0.1) is 11.8 Å². The molecular weight excluding hydrogens is 246 g/mol. The number of ether oxygens (including phenoxy) is 1. The van der Waals surface area contributed by atoms with Crippen molar-refractivity contribution in [3.8, 4) is 11.8 Å². The summed E-state index contributed by atoms with van der Waals surface area (Å²) in [5.41, 5.74) is 0.599. The lowest BCUT2D eigenvalue weighted by Gasteiger charge is -2.09. The van der Waals surface area contributed by atoms with E-state index < -0.39 is 5.97 Å². The Morgan fingerprint density at radius 3 is 2.89 bits per heavy atom. The number of esters is 1. The van der Waals surface area contributed by atoms with Gasteiger partial charge in [-0.05, 0) is 12.3 Å². The molecule has 1 aromatic rings. The van der Waals surface area contributed by atoms with Gasteiger partial charge in [0.1, 0.15) is 5.69 Å². The van der Waals surface area contributed by atoms with Gasteiger partial charge < -0.3 is 9.64 Å². The number of nitrogens with zero attached hydrogens (tertiary/aromatic N) is 3. The van der Waals surface area contributed by atoms with Crippen molar-refractivity contribution in [1.29, 1.82) is 0 Å². The zero-order valence-electron chi connectivity index (χ0n) is 10.5. The van der Waals surface area contributed by atoms with Crippen LogP contribution in [0.5, 0.6) is 0 Å². The molecule has 19 heavy (non-hydrogen) atoms. The van der Waals surface area contributed by atoms with Gasteiger partial charge >= 0.3 is 5.97 Å². The first-order valence-corrected chi connectivity index (χ1v) is 5.87. The topological polar surface area (TPSA) is 72.4 Å². The largest absolute Gasteiger partial charge is 0.464 e. The van der Waals surface area contributed by atoms with E-state index in [1.807, 2.05) is 0 Å². The molecule has 6 nitrogen and oxygen atoms in total. The van der Waals surface area contributed by atoms with Gasteiger partial charge in [-0.2, -0.15) is 0 Å². The van der Waals surface area contributed by atoms with Crippen LogP contribution in [0.25, 0.3) is 0 Å². The Kier molecular flexibility index (Phi) is 4.08. The van der Waals surface area contributed by atoms with Gasteiger partial charge in [-0.15, -0.1) is 0 Å². The predicted octanol–water partition coefficient (Wildman–Crippen LogP) is 0.237. The fourth-order valence-corrected chi connectivity index (χ4v) is 1.70. The normalized spacial score (nSPS) is 13.9. The van der Waals surface area contributed by atoms with Crippen LogP contribution in [0.15, 0.2) is 12.4 Å². The minimum absolute atomic E-state index is 0.140. The van der Waals surface area contributed by atoms with Gasteiger partial charge in [0.05, 0.1) is 26.0 Å². The highest BCUT2D eigenvalue weighted by Crippen LogP contribution is 2.07. The van der Waals surface area contributed by atoms with Crippen molar-refractivity contribution in [1.82, 2.24) is 14.9 Å². The lowest BCUT2D eigenvalue weighted by Crippen LogP contribution is -2.24. The van der Waals surface area contributed by atoms with Gasteiger partial charge in [-0.1, -0.05) is 5.92 Å². The molecule has 98 valence electrons. The maximum absolute atomic E-state index is 11.3. The van der Waals surface area contributed by atoms with E-state index >= 15 is 0 Å². The van der Waals surface area contributed by atoms with Crippen LogP contribution in [-0.2, 0) is 9.53 Å². The summed E-state index contributed by atoms with van der Waals surface area (Å²) in [6, 6.07) is 0. The molecule has 1 amide bonds. The standard InChI is InChI=1S/C13H13N3O3/c1-19-13(18)11-9-14-10(8-15-11)4-2-6-16-7-3-5-12(16)17/h8-9H,3,5-7H2,1H3. The summed E-state index contributed by atoms with van der Waals surface area (Å²) in [5, 5.41) is 0. The molecule has 0 saturated carbocycles. The second kappa shape index (κ2) is 5.96. The summed E-state index contributed by atoms with van der Waals surface area (Å²) in [6.07, 6.45) is 4.23. The van der Waals surface area contributed by atoms with E-state index in [0.717, 1.165) is 13.0 Å². The first kappa shape index (κ1) is 13.0. The number of amides is 1. The summed E-state index contributed by atoms with van der Waals surface area (Å²) < 4.78 is 4.51. The van der Waals surface area contributed by atoms with E-state index in [-0.39, 0.29) is 11.6 Å². The Balaban J connectivity index is 1.96. The Labute approximate surface area is 110 Å². The molecule has 1 saturated heterocycles. The van der Waals surface area contributed by atoms with E-state index in [0.29, 0.717) is 18.7 Å². The molecule has 2 rings (SSSR count). The van der Waals surface area contributed by atoms with E-state index in [2.05, 4.69) is 26.5 Å². The van der Waals surface area contributed by atoms with Crippen LogP contribution in [-0.4, -0.2) is 46.9 Å². The van der Waals surface area contributed by atoms with Crippen LogP contribution >= 0.6 is 0 Å². The lowest BCUT2D eigenvalue weighted by atomic mass is 10.4. The molecule has 0 aliphatic carbocycles. The quantitative estimate of drug-likeness (QED) is 0.562. The molecule has 0 atom stereocenters. The molecule has 0 N–H and O–H groups in total. The van der Waals surface area contributed by atoms with Crippen molar-refractivity contribution in [3.63, 3.8) is 0 Å². The summed E-state index contributed by atoms with van der Waals surface area (Å²) >= 11 is 0. The van der Waals surface area contributed by atoms with E-state index in [1.165, 1.54) is 19.5 Å². The summed E-state index contributed by atoms with van der Waals surface area (Å²) in [5.74, 6) is 5.29. The van der Waals surface area contributed by atoms with E-state index in [9.17, 15) is 9.59 Å². The van der Waals surface area contributed by atoms with Gasteiger partial charge in [0.15, 0.2) is 5.69 Å². The van der Waals surface area contributed by atoms with Gasteiger partial charge in [0, 0.05) is 13.0 Å². The third-order valence-electron chi connectivity index (χ3n) is 2.70. The zero-order chi connectivity index (χ0) is 13.7. The number of hydrogen-bond donors (Lipinski definition) is 0. The highest BCUT2D eigenvalue weighted by molar-refractivity contribution is 5.86. The first-order valence-electron chi connectivity index (χ1n) is 5.87. The molecule has 0 radical (unpaired) electrons. The summed E-state index contributed by atoms with van der Waals surface area (Å²) in [4.78, 5) is 32.1. The molecule has 2 heterocycles.